The Morgan fingerprint density at radius 1 is 1.00 bits per heavy atom. The maximum atomic E-state index is 11.7. The molecule has 2 heteroatoms. The van der Waals surface area contributed by atoms with Gasteiger partial charge in [0.1, 0.15) is 5.78 Å². The van der Waals surface area contributed by atoms with E-state index in [9.17, 15) is 4.79 Å². The Kier molecular flexibility index (Phi) is 6.80. The SMILES string of the molecule is CCC(=O)C/C(CC)=N\c1c(C(C)C)cccc1C(C)C. The van der Waals surface area contributed by atoms with Gasteiger partial charge in [-0.25, -0.2) is 0 Å². The number of benzene rings is 1. The van der Waals surface area contributed by atoms with E-state index in [4.69, 9.17) is 4.99 Å². The normalized spacial score (nSPS) is 12.3. The quantitative estimate of drug-likeness (QED) is 0.584. The zero-order valence-electron chi connectivity index (χ0n) is 14.4. The third kappa shape index (κ3) is 4.80. The predicted octanol–water partition coefficient (Wildman–Crippen LogP) is 5.79. The van der Waals surface area contributed by atoms with Gasteiger partial charge in [0.15, 0.2) is 0 Å². The minimum Gasteiger partial charge on any atom is -0.299 e. The molecular formula is C19H29NO. The molecule has 0 aliphatic heterocycles. The third-order valence-electron chi connectivity index (χ3n) is 3.82. The molecule has 21 heavy (non-hydrogen) atoms. The van der Waals surface area contributed by atoms with E-state index in [1.54, 1.807) is 0 Å². The Morgan fingerprint density at radius 2 is 1.52 bits per heavy atom. The molecule has 0 fully saturated rings. The fourth-order valence-corrected chi connectivity index (χ4v) is 2.40. The number of carbonyl (C=O) groups is 1. The molecule has 0 spiro atoms. The van der Waals surface area contributed by atoms with Gasteiger partial charge in [-0.15, -0.1) is 0 Å². The number of hydrogen-bond donors (Lipinski definition) is 0. The van der Waals surface area contributed by atoms with E-state index in [1.807, 2.05) is 6.92 Å². The van der Waals surface area contributed by atoms with Crippen LogP contribution >= 0.6 is 0 Å². The summed E-state index contributed by atoms with van der Waals surface area (Å²) in [5.74, 6) is 1.13. The molecule has 0 aromatic heterocycles. The van der Waals surface area contributed by atoms with Gasteiger partial charge >= 0.3 is 0 Å². The topological polar surface area (TPSA) is 29.4 Å². The van der Waals surface area contributed by atoms with Crippen molar-refractivity contribution in [1.29, 1.82) is 0 Å². The molecule has 0 saturated carbocycles. The highest BCUT2D eigenvalue weighted by Gasteiger charge is 2.14. The molecule has 0 amide bonds. The number of Topliss-reactive ketones (excluding diaryl/α,β-unsaturated/α-hetero) is 1. The maximum Gasteiger partial charge on any atom is 0.138 e. The molecule has 0 radical (unpaired) electrons. The summed E-state index contributed by atoms with van der Waals surface area (Å²) in [5, 5.41) is 0. The molecule has 0 unspecified atom stereocenters. The predicted molar refractivity (Wildman–Crippen MR) is 91.9 cm³/mol. The van der Waals surface area contributed by atoms with E-state index in [0.717, 1.165) is 17.8 Å². The lowest BCUT2D eigenvalue weighted by molar-refractivity contribution is -0.117. The summed E-state index contributed by atoms with van der Waals surface area (Å²) in [6.45, 7) is 12.8. The van der Waals surface area contributed by atoms with Crippen molar-refractivity contribution in [3.63, 3.8) is 0 Å². The molecule has 1 aromatic rings. The first-order valence-corrected chi connectivity index (χ1v) is 8.11. The van der Waals surface area contributed by atoms with Crippen LogP contribution in [0.4, 0.5) is 5.69 Å². The van der Waals surface area contributed by atoms with Crippen LogP contribution in [0.2, 0.25) is 0 Å². The summed E-state index contributed by atoms with van der Waals surface area (Å²) >= 11 is 0. The van der Waals surface area contributed by atoms with Crippen molar-refractivity contribution >= 4 is 17.2 Å². The molecule has 116 valence electrons. The van der Waals surface area contributed by atoms with Gasteiger partial charge in [0, 0.05) is 18.6 Å². The second-order valence-electron chi connectivity index (χ2n) is 6.20. The Bertz CT molecular complexity index is 486. The van der Waals surface area contributed by atoms with Gasteiger partial charge in [-0.3, -0.25) is 9.79 Å². The molecule has 0 atom stereocenters. The summed E-state index contributed by atoms with van der Waals surface area (Å²) in [5.41, 5.74) is 4.63. The van der Waals surface area contributed by atoms with Crippen LogP contribution in [0.3, 0.4) is 0 Å². The van der Waals surface area contributed by atoms with Crippen LogP contribution in [-0.4, -0.2) is 11.5 Å². The number of para-hydroxylation sites is 1. The van der Waals surface area contributed by atoms with Gasteiger partial charge in [0.25, 0.3) is 0 Å². The van der Waals surface area contributed by atoms with Crippen molar-refractivity contribution in [3.8, 4) is 0 Å². The van der Waals surface area contributed by atoms with Gasteiger partial charge in [0.05, 0.1) is 5.69 Å². The van der Waals surface area contributed by atoms with E-state index in [1.165, 1.54) is 11.1 Å². The Labute approximate surface area is 129 Å². The average molecular weight is 287 g/mol. The molecule has 1 rings (SSSR count). The third-order valence-corrected chi connectivity index (χ3v) is 3.82. The van der Waals surface area contributed by atoms with E-state index in [-0.39, 0.29) is 5.78 Å². The summed E-state index contributed by atoms with van der Waals surface area (Å²) in [6, 6.07) is 6.43. The first kappa shape index (κ1) is 17.6. The maximum absolute atomic E-state index is 11.7. The second kappa shape index (κ2) is 8.11. The van der Waals surface area contributed by atoms with Crippen LogP contribution in [0.5, 0.6) is 0 Å². The van der Waals surface area contributed by atoms with Crippen LogP contribution in [0, 0.1) is 0 Å². The molecule has 0 aliphatic carbocycles. The van der Waals surface area contributed by atoms with Crippen LogP contribution in [0.1, 0.15) is 83.8 Å². The van der Waals surface area contributed by atoms with Crippen LogP contribution in [-0.2, 0) is 4.79 Å². The highest BCUT2D eigenvalue weighted by atomic mass is 16.1. The lowest BCUT2D eigenvalue weighted by atomic mass is 9.92. The fourth-order valence-electron chi connectivity index (χ4n) is 2.40. The molecular weight excluding hydrogens is 258 g/mol. The van der Waals surface area contributed by atoms with Gasteiger partial charge in [0.2, 0.25) is 0 Å². The fraction of sp³-hybridized carbons (Fsp3) is 0.579. The minimum atomic E-state index is 0.267. The number of aliphatic imine (C=N–C) groups is 1. The van der Waals surface area contributed by atoms with E-state index in [0.29, 0.717) is 24.7 Å². The molecule has 0 aliphatic rings. The molecule has 0 N–H and O–H groups in total. The van der Waals surface area contributed by atoms with Gasteiger partial charge < -0.3 is 0 Å². The highest BCUT2D eigenvalue weighted by molar-refractivity contribution is 6.02. The lowest BCUT2D eigenvalue weighted by Gasteiger charge is -2.17. The van der Waals surface area contributed by atoms with Crippen LogP contribution in [0.25, 0.3) is 0 Å². The minimum absolute atomic E-state index is 0.267. The molecule has 2 nitrogen and oxygen atoms in total. The lowest BCUT2D eigenvalue weighted by Crippen LogP contribution is -2.06. The Balaban J connectivity index is 3.34. The van der Waals surface area contributed by atoms with E-state index >= 15 is 0 Å². The highest BCUT2D eigenvalue weighted by Crippen LogP contribution is 2.35. The number of nitrogens with zero attached hydrogens (tertiary/aromatic N) is 1. The summed E-state index contributed by atoms with van der Waals surface area (Å²) < 4.78 is 0. The van der Waals surface area contributed by atoms with Crippen molar-refractivity contribution < 1.29 is 4.79 Å². The molecule has 1 aromatic carbocycles. The average Bonchev–Trinajstić information content (AvgIpc) is 2.45. The number of carbonyl (C=O) groups excluding carboxylic acids is 1. The van der Waals surface area contributed by atoms with E-state index in [2.05, 4.69) is 52.8 Å². The van der Waals surface area contributed by atoms with Gasteiger partial charge in [-0.05, 0) is 29.4 Å². The largest absolute Gasteiger partial charge is 0.299 e. The second-order valence-corrected chi connectivity index (χ2v) is 6.20. The summed E-state index contributed by atoms with van der Waals surface area (Å²) in [6.07, 6.45) is 1.90. The van der Waals surface area contributed by atoms with Crippen LogP contribution < -0.4 is 0 Å². The van der Waals surface area contributed by atoms with Crippen LogP contribution in [0.15, 0.2) is 23.2 Å². The Morgan fingerprint density at radius 3 is 1.90 bits per heavy atom. The van der Waals surface area contributed by atoms with Crippen molar-refractivity contribution in [2.45, 2.75) is 72.6 Å². The summed E-state index contributed by atoms with van der Waals surface area (Å²) in [4.78, 5) is 16.6. The standard InChI is InChI=1S/C19H29NO/c1-7-15(12-16(21)8-2)20-19-17(13(3)4)10-9-11-18(19)14(5)6/h9-11,13-14H,7-8,12H2,1-6H3/b20-15-. The van der Waals surface area contributed by atoms with Crippen molar-refractivity contribution in [1.82, 2.24) is 0 Å². The first-order valence-electron chi connectivity index (χ1n) is 8.11. The van der Waals surface area contributed by atoms with Gasteiger partial charge in [-0.2, -0.15) is 0 Å². The number of rotatable bonds is 7. The van der Waals surface area contributed by atoms with Gasteiger partial charge in [-0.1, -0.05) is 59.7 Å². The Hall–Kier alpha value is -1.44. The van der Waals surface area contributed by atoms with Crippen molar-refractivity contribution in [3.05, 3.63) is 29.3 Å². The number of hydrogen-bond acceptors (Lipinski definition) is 2. The zero-order valence-corrected chi connectivity index (χ0v) is 14.4. The summed E-state index contributed by atoms with van der Waals surface area (Å²) in [7, 11) is 0. The first-order chi connectivity index (χ1) is 9.90. The van der Waals surface area contributed by atoms with Crippen molar-refractivity contribution in [2.24, 2.45) is 4.99 Å². The van der Waals surface area contributed by atoms with E-state index < -0.39 is 0 Å². The number of ketones is 1. The van der Waals surface area contributed by atoms with Crippen molar-refractivity contribution in [2.75, 3.05) is 0 Å². The molecule has 0 heterocycles. The molecule has 0 bridgehead atoms. The monoisotopic (exact) mass is 287 g/mol. The molecule has 0 saturated heterocycles. The zero-order chi connectivity index (χ0) is 16.0. The smallest absolute Gasteiger partial charge is 0.138 e.